The van der Waals surface area contributed by atoms with Gasteiger partial charge in [0, 0.05) is 0 Å². The highest BCUT2D eigenvalue weighted by molar-refractivity contribution is 5.63. The van der Waals surface area contributed by atoms with E-state index in [9.17, 15) is 5.11 Å². The average molecular weight is 322 g/mol. The number of para-hydroxylation sites is 1. The van der Waals surface area contributed by atoms with Gasteiger partial charge in [0.1, 0.15) is 18.0 Å². The number of nitrogens with zero attached hydrogens (tertiary/aromatic N) is 2. The molecule has 24 heavy (non-hydrogen) atoms. The second-order valence-corrected chi connectivity index (χ2v) is 6.08. The van der Waals surface area contributed by atoms with E-state index in [0.717, 1.165) is 17.5 Å². The van der Waals surface area contributed by atoms with Gasteiger partial charge < -0.3 is 14.4 Å². The highest BCUT2D eigenvalue weighted by atomic mass is 16.5. The summed E-state index contributed by atoms with van der Waals surface area (Å²) in [5, 5.41) is 14.4. The lowest BCUT2D eigenvalue weighted by atomic mass is 9.80. The number of aromatic nitrogens is 2. The smallest absolute Gasteiger partial charge is 0.258 e. The normalized spacial score (nSPS) is 15.7. The minimum absolute atomic E-state index is 0.293. The molecule has 1 heterocycles. The minimum Gasteiger partial charge on any atom is -0.488 e. The van der Waals surface area contributed by atoms with Crippen LogP contribution < -0.4 is 4.74 Å². The Hall–Kier alpha value is -2.66. The number of hydrogen-bond donors (Lipinski definition) is 1. The van der Waals surface area contributed by atoms with E-state index in [2.05, 4.69) is 10.1 Å². The van der Waals surface area contributed by atoms with Crippen molar-refractivity contribution in [3.05, 3.63) is 66.1 Å². The fourth-order valence-corrected chi connectivity index (χ4v) is 2.76. The maximum absolute atomic E-state index is 10.3. The standard InChI is InChI=1S/C19H18N2O3/c22-19(11-6-12-19)18-20-17(21-24-18)15-9-4-5-10-16(15)23-13-14-7-2-1-3-8-14/h1-5,7-10,22H,6,11-13H2. The molecule has 1 aromatic heterocycles. The summed E-state index contributed by atoms with van der Waals surface area (Å²) >= 11 is 0. The summed E-state index contributed by atoms with van der Waals surface area (Å²) in [6, 6.07) is 17.5. The van der Waals surface area contributed by atoms with E-state index in [0.29, 0.717) is 36.9 Å². The van der Waals surface area contributed by atoms with Crippen LogP contribution in [0.25, 0.3) is 11.4 Å². The van der Waals surface area contributed by atoms with E-state index in [1.165, 1.54) is 0 Å². The number of benzene rings is 2. The lowest BCUT2D eigenvalue weighted by Gasteiger charge is -2.32. The summed E-state index contributed by atoms with van der Waals surface area (Å²) < 4.78 is 11.2. The first-order valence-electron chi connectivity index (χ1n) is 8.07. The molecule has 5 heteroatoms. The van der Waals surface area contributed by atoms with Crippen LogP contribution in [0.2, 0.25) is 0 Å². The van der Waals surface area contributed by atoms with E-state index in [4.69, 9.17) is 9.26 Å². The van der Waals surface area contributed by atoms with Crippen LogP contribution in [-0.4, -0.2) is 15.2 Å². The van der Waals surface area contributed by atoms with Gasteiger partial charge >= 0.3 is 0 Å². The van der Waals surface area contributed by atoms with Gasteiger partial charge in [-0.3, -0.25) is 0 Å². The summed E-state index contributed by atoms with van der Waals surface area (Å²) in [5.41, 5.74) is 0.890. The second-order valence-electron chi connectivity index (χ2n) is 6.08. The predicted molar refractivity (Wildman–Crippen MR) is 88.3 cm³/mol. The van der Waals surface area contributed by atoms with Crippen LogP contribution in [0.15, 0.2) is 59.1 Å². The molecule has 1 fully saturated rings. The molecule has 0 radical (unpaired) electrons. The maximum atomic E-state index is 10.3. The third-order valence-corrected chi connectivity index (χ3v) is 4.37. The predicted octanol–water partition coefficient (Wildman–Crippen LogP) is 3.69. The Labute approximate surface area is 139 Å². The van der Waals surface area contributed by atoms with Crippen molar-refractivity contribution < 1.29 is 14.4 Å². The molecule has 4 rings (SSSR count). The second kappa shape index (κ2) is 6.09. The first kappa shape index (κ1) is 14.9. The number of rotatable bonds is 5. The molecular weight excluding hydrogens is 304 g/mol. The van der Waals surface area contributed by atoms with Gasteiger partial charge in [-0.15, -0.1) is 0 Å². The largest absolute Gasteiger partial charge is 0.488 e. The summed E-state index contributed by atoms with van der Waals surface area (Å²) in [4.78, 5) is 4.38. The highest BCUT2D eigenvalue weighted by Crippen LogP contribution is 2.41. The summed E-state index contributed by atoms with van der Waals surface area (Å²) in [7, 11) is 0. The molecule has 0 aliphatic heterocycles. The fourth-order valence-electron chi connectivity index (χ4n) is 2.76. The minimum atomic E-state index is -0.953. The first-order chi connectivity index (χ1) is 11.7. The van der Waals surface area contributed by atoms with Crippen molar-refractivity contribution in [2.24, 2.45) is 0 Å². The quantitative estimate of drug-likeness (QED) is 0.776. The molecule has 3 aromatic rings. The van der Waals surface area contributed by atoms with Crippen LogP contribution in [0.4, 0.5) is 0 Å². The van der Waals surface area contributed by atoms with Gasteiger partial charge in [-0.25, -0.2) is 0 Å². The van der Waals surface area contributed by atoms with Gasteiger partial charge in [-0.2, -0.15) is 4.98 Å². The summed E-state index contributed by atoms with van der Waals surface area (Å²) in [6.45, 7) is 0.465. The zero-order valence-corrected chi connectivity index (χ0v) is 13.2. The third-order valence-electron chi connectivity index (χ3n) is 4.37. The molecule has 2 aromatic carbocycles. The highest BCUT2D eigenvalue weighted by Gasteiger charge is 2.41. The molecule has 0 unspecified atom stereocenters. The Kier molecular flexibility index (Phi) is 3.78. The average Bonchev–Trinajstić information content (AvgIpc) is 3.09. The molecule has 0 atom stereocenters. The van der Waals surface area contributed by atoms with Gasteiger partial charge in [-0.05, 0) is 37.0 Å². The van der Waals surface area contributed by atoms with Crippen molar-refractivity contribution in [1.29, 1.82) is 0 Å². The molecule has 1 aliphatic carbocycles. The molecule has 1 aliphatic rings. The van der Waals surface area contributed by atoms with Gasteiger partial charge in [0.25, 0.3) is 5.89 Å². The Balaban J connectivity index is 1.57. The van der Waals surface area contributed by atoms with Crippen molar-refractivity contribution in [3.63, 3.8) is 0 Å². The van der Waals surface area contributed by atoms with Crippen molar-refractivity contribution >= 4 is 0 Å². The molecule has 1 N–H and O–H groups in total. The number of hydrogen-bond acceptors (Lipinski definition) is 5. The zero-order valence-electron chi connectivity index (χ0n) is 13.2. The van der Waals surface area contributed by atoms with Gasteiger partial charge in [0.2, 0.25) is 5.82 Å². The zero-order chi connectivity index (χ0) is 16.4. The molecule has 5 nitrogen and oxygen atoms in total. The molecule has 0 bridgehead atoms. The molecule has 122 valence electrons. The Morgan fingerprint density at radius 2 is 1.79 bits per heavy atom. The Morgan fingerprint density at radius 3 is 2.54 bits per heavy atom. The van der Waals surface area contributed by atoms with E-state index < -0.39 is 5.60 Å². The van der Waals surface area contributed by atoms with Crippen LogP contribution in [0.5, 0.6) is 5.75 Å². The lowest BCUT2D eigenvalue weighted by molar-refractivity contribution is -0.0646. The molecule has 1 saturated carbocycles. The molecule has 0 saturated heterocycles. The SMILES string of the molecule is OC1(c2nc(-c3ccccc3OCc3ccccc3)no2)CCC1. The van der Waals surface area contributed by atoms with E-state index in [-0.39, 0.29) is 0 Å². The first-order valence-corrected chi connectivity index (χ1v) is 8.07. The lowest BCUT2D eigenvalue weighted by Crippen LogP contribution is -2.33. The van der Waals surface area contributed by atoms with E-state index in [1.54, 1.807) is 0 Å². The van der Waals surface area contributed by atoms with Crippen LogP contribution >= 0.6 is 0 Å². The summed E-state index contributed by atoms with van der Waals surface area (Å²) in [5.74, 6) is 1.42. The molecule has 0 amide bonds. The fraction of sp³-hybridized carbons (Fsp3) is 0.263. The van der Waals surface area contributed by atoms with Crippen LogP contribution in [0.1, 0.15) is 30.7 Å². The van der Waals surface area contributed by atoms with E-state index in [1.807, 2.05) is 54.6 Å². The summed E-state index contributed by atoms with van der Waals surface area (Å²) in [6.07, 6.45) is 2.31. The topological polar surface area (TPSA) is 68.4 Å². The van der Waals surface area contributed by atoms with Crippen LogP contribution in [0.3, 0.4) is 0 Å². The van der Waals surface area contributed by atoms with Crippen molar-refractivity contribution in [1.82, 2.24) is 10.1 Å². The monoisotopic (exact) mass is 322 g/mol. The third kappa shape index (κ3) is 2.78. The Morgan fingerprint density at radius 1 is 1.04 bits per heavy atom. The van der Waals surface area contributed by atoms with Gasteiger partial charge in [0.15, 0.2) is 0 Å². The van der Waals surface area contributed by atoms with Crippen molar-refractivity contribution in [2.75, 3.05) is 0 Å². The van der Waals surface area contributed by atoms with Crippen molar-refractivity contribution in [2.45, 2.75) is 31.5 Å². The number of aliphatic hydroxyl groups is 1. The number of ether oxygens (including phenoxy) is 1. The Bertz CT molecular complexity index is 825. The van der Waals surface area contributed by atoms with Crippen molar-refractivity contribution in [3.8, 4) is 17.1 Å². The van der Waals surface area contributed by atoms with E-state index >= 15 is 0 Å². The van der Waals surface area contributed by atoms with Gasteiger partial charge in [-0.1, -0.05) is 47.6 Å². The van der Waals surface area contributed by atoms with Gasteiger partial charge in [0.05, 0.1) is 5.56 Å². The van der Waals surface area contributed by atoms with Crippen LogP contribution in [-0.2, 0) is 12.2 Å². The molecular formula is C19H18N2O3. The van der Waals surface area contributed by atoms with Crippen LogP contribution in [0, 0.1) is 0 Å². The molecule has 0 spiro atoms. The maximum Gasteiger partial charge on any atom is 0.258 e.